The van der Waals surface area contributed by atoms with E-state index in [0.29, 0.717) is 10.6 Å². The summed E-state index contributed by atoms with van der Waals surface area (Å²) in [6, 6.07) is 6.76. The maximum atomic E-state index is 14.2. The second-order valence-corrected chi connectivity index (χ2v) is 6.03. The van der Waals surface area contributed by atoms with Gasteiger partial charge in [0.15, 0.2) is 0 Å². The van der Waals surface area contributed by atoms with Gasteiger partial charge < -0.3 is 9.31 Å². The molecule has 0 atom stereocenters. The molecule has 102 valence electrons. The van der Waals surface area contributed by atoms with E-state index in [1.807, 2.05) is 27.7 Å². The minimum atomic E-state index is -0.707. The fraction of sp³-hybridized carbons (Fsp3) is 0.429. The molecular weight excluding hydrogens is 265 g/mol. The summed E-state index contributed by atoms with van der Waals surface area (Å²) >= 11 is 5.95. The summed E-state index contributed by atoms with van der Waals surface area (Å²) in [4.78, 5) is 0. The van der Waals surface area contributed by atoms with E-state index in [9.17, 15) is 4.39 Å². The second kappa shape index (κ2) is 4.93. The number of hydrogen-bond acceptors (Lipinski definition) is 2. The molecule has 1 aliphatic heterocycles. The van der Waals surface area contributed by atoms with Crippen molar-refractivity contribution in [2.45, 2.75) is 38.9 Å². The maximum absolute atomic E-state index is 14.2. The largest absolute Gasteiger partial charge is 0.490 e. The predicted octanol–water partition coefficient (Wildman–Crippen LogP) is 4.28. The summed E-state index contributed by atoms with van der Waals surface area (Å²) in [5, 5.41) is 0.368. The van der Waals surface area contributed by atoms with Gasteiger partial charge in [0.25, 0.3) is 0 Å². The van der Waals surface area contributed by atoms with Crippen molar-refractivity contribution in [1.29, 1.82) is 0 Å². The molecule has 0 aromatic heterocycles. The molecule has 0 unspecified atom stereocenters. The SMILES string of the molecule is CC1(C)OB(/C=C(\F)c2ccccc2Cl)OC1(C)C. The smallest absolute Gasteiger partial charge is 0.400 e. The van der Waals surface area contributed by atoms with Crippen molar-refractivity contribution in [1.82, 2.24) is 0 Å². The van der Waals surface area contributed by atoms with E-state index in [-0.39, 0.29) is 0 Å². The van der Waals surface area contributed by atoms with Crippen molar-refractivity contribution < 1.29 is 13.7 Å². The molecule has 1 aromatic carbocycles. The monoisotopic (exact) mass is 282 g/mol. The zero-order valence-corrected chi connectivity index (χ0v) is 12.3. The molecular formula is C14H17BClFO2. The quantitative estimate of drug-likeness (QED) is 0.754. The average molecular weight is 283 g/mol. The van der Waals surface area contributed by atoms with Crippen LogP contribution in [0.3, 0.4) is 0 Å². The van der Waals surface area contributed by atoms with Crippen molar-refractivity contribution in [3.8, 4) is 0 Å². The topological polar surface area (TPSA) is 18.5 Å². The van der Waals surface area contributed by atoms with Gasteiger partial charge in [-0.05, 0) is 39.7 Å². The second-order valence-electron chi connectivity index (χ2n) is 5.62. The lowest BCUT2D eigenvalue weighted by molar-refractivity contribution is 0.00578. The van der Waals surface area contributed by atoms with Crippen molar-refractivity contribution in [3.63, 3.8) is 0 Å². The first-order chi connectivity index (χ1) is 8.73. The van der Waals surface area contributed by atoms with Gasteiger partial charge in [-0.2, -0.15) is 0 Å². The Labute approximate surface area is 118 Å². The summed E-state index contributed by atoms with van der Waals surface area (Å²) < 4.78 is 25.6. The molecule has 0 bridgehead atoms. The highest BCUT2D eigenvalue weighted by Gasteiger charge is 2.50. The molecule has 2 nitrogen and oxygen atoms in total. The van der Waals surface area contributed by atoms with Crippen LogP contribution in [-0.4, -0.2) is 18.3 Å². The van der Waals surface area contributed by atoms with Gasteiger partial charge in [-0.1, -0.05) is 29.8 Å². The molecule has 0 aliphatic carbocycles. The summed E-state index contributed by atoms with van der Waals surface area (Å²) in [7, 11) is -0.707. The number of benzene rings is 1. The lowest BCUT2D eigenvalue weighted by Gasteiger charge is -2.32. The van der Waals surface area contributed by atoms with E-state index < -0.39 is 24.1 Å². The van der Waals surface area contributed by atoms with Crippen molar-refractivity contribution >= 4 is 24.5 Å². The van der Waals surface area contributed by atoms with Crippen LogP contribution in [0, 0.1) is 0 Å². The van der Waals surface area contributed by atoms with Crippen LogP contribution in [0.4, 0.5) is 4.39 Å². The molecule has 5 heteroatoms. The Morgan fingerprint density at radius 1 is 1.16 bits per heavy atom. The van der Waals surface area contributed by atoms with Gasteiger partial charge in [0.1, 0.15) is 5.83 Å². The standard InChI is InChI=1S/C14H17BClFO2/c1-13(2)14(3,4)19-15(18-13)9-12(17)10-7-5-6-8-11(10)16/h5-9H,1-4H3/b12-9-. The molecule has 0 radical (unpaired) electrons. The van der Waals surface area contributed by atoms with Gasteiger partial charge in [-0.3, -0.25) is 0 Å². The van der Waals surface area contributed by atoms with E-state index in [1.54, 1.807) is 24.3 Å². The van der Waals surface area contributed by atoms with E-state index in [0.717, 1.165) is 0 Å². The Kier molecular flexibility index (Phi) is 3.78. The molecule has 1 aliphatic rings. The Balaban J connectivity index is 2.22. The van der Waals surface area contributed by atoms with Crippen LogP contribution in [0.25, 0.3) is 5.83 Å². The highest BCUT2D eigenvalue weighted by Crippen LogP contribution is 2.38. The van der Waals surface area contributed by atoms with E-state index >= 15 is 0 Å². The van der Waals surface area contributed by atoms with Crippen molar-refractivity contribution in [2.24, 2.45) is 0 Å². The minimum absolute atomic E-state index is 0.346. The average Bonchev–Trinajstić information content (AvgIpc) is 2.47. The molecule has 1 heterocycles. The van der Waals surface area contributed by atoms with Gasteiger partial charge in [-0.15, -0.1) is 0 Å². The van der Waals surface area contributed by atoms with Crippen molar-refractivity contribution in [3.05, 3.63) is 40.8 Å². The normalized spacial score (nSPS) is 21.8. The van der Waals surface area contributed by atoms with Gasteiger partial charge in [0, 0.05) is 5.56 Å². The molecule has 2 rings (SSSR count). The molecule has 0 spiro atoms. The lowest BCUT2D eigenvalue weighted by atomic mass is 9.88. The Hall–Kier alpha value is -0.835. The molecule has 1 aromatic rings. The summed E-state index contributed by atoms with van der Waals surface area (Å²) in [6.07, 6.45) is 0. The summed E-state index contributed by atoms with van der Waals surface area (Å²) in [5.41, 5.74) is -0.608. The fourth-order valence-electron chi connectivity index (χ4n) is 1.82. The molecule has 1 saturated heterocycles. The zero-order chi connectivity index (χ0) is 14.3. The Bertz CT molecular complexity index is 498. The number of hydrogen-bond donors (Lipinski definition) is 0. The maximum Gasteiger partial charge on any atom is 0.490 e. The molecule has 0 amide bonds. The minimum Gasteiger partial charge on any atom is -0.400 e. The Morgan fingerprint density at radius 3 is 2.21 bits per heavy atom. The first-order valence-corrected chi connectivity index (χ1v) is 6.58. The van der Waals surface area contributed by atoms with E-state index in [1.165, 1.54) is 5.98 Å². The summed E-state index contributed by atoms with van der Waals surface area (Å²) in [5.74, 6) is 0.877. The van der Waals surface area contributed by atoms with Crippen LogP contribution in [0.2, 0.25) is 5.02 Å². The van der Waals surface area contributed by atoms with Gasteiger partial charge in [0.2, 0.25) is 0 Å². The van der Waals surface area contributed by atoms with E-state index in [2.05, 4.69) is 0 Å². The Morgan fingerprint density at radius 2 is 1.68 bits per heavy atom. The number of halogens is 2. The highest BCUT2D eigenvalue weighted by molar-refractivity contribution is 6.53. The van der Waals surface area contributed by atoms with Gasteiger partial charge >= 0.3 is 7.12 Å². The number of rotatable bonds is 2. The van der Waals surface area contributed by atoms with Crippen LogP contribution in [0.5, 0.6) is 0 Å². The predicted molar refractivity (Wildman–Crippen MR) is 76.6 cm³/mol. The molecule has 19 heavy (non-hydrogen) atoms. The summed E-state index contributed by atoms with van der Waals surface area (Å²) in [6.45, 7) is 7.70. The first-order valence-electron chi connectivity index (χ1n) is 6.21. The third-order valence-electron chi connectivity index (χ3n) is 3.69. The van der Waals surface area contributed by atoms with Crippen LogP contribution in [0.1, 0.15) is 33.3 Å². The van der Waals surface area contributed by atoms with Gasteiger partial charge in [0.05, 0.1) is 16.2 Å². The van der Waals surface area contributed by atoms with Crippen molar-refractivity contribution in [2.75, 3.05) is 0 Å². The van der Waals surface area contributed by atoms with E-state index in [4.69, 9.17) is 20.9 Å². The molecule has 0 N–H and O–H groups in total. The van der Waals surface area contributed by atoms with Crippen LogP contribution < -0.4 is 0 Å². The lowest BCUT2D eigenvalue weighted by Crippen LogP contribution is -2.41. The fourth-order valence-corrected chi connectivity index (χ4v) is 2.05. The third kappa shape index (κ3) is 2.86. The highest BCUT2D eigenvalue weighted by atomic mass is 35.5. The zero-order valence-electron chi connectivity index (χ0n) is 11.5. The van der Waals surface area contributed by atoms with Crippen LogP contribution >= 0.6 is 11.6 Å². The van der Waals surface area contributed by atoms with Crippen LogP contribution in [0.15, 0.2) is 30.2 Å². The van der Waals surface area contributed by atoms with Crippen LogP contribution in [-0.2, 0) is 9.31 Å². The van der Waals surface area contributed by atoms with Gasteiger partial charge in [-0.25, -0.2) is 4.39 Å². The molecule has 1 fully saturated rings. The first kappa shape index (κ1) is 14.6. The third-order valence-corrected chi connectivity index (χ3v) is 4.01. The molecule has 0 saturated carbocycles.